The second-order valence-electron chi connectivity index (χ2n) is 7.21. The van der Waals surface area contributed by atoms with Crippen molar-refractivity contribution in [3.8, 4) is 0 Å². The summed E-state index contributed by atoms with van der Waals surface area (Å²) < 4.78 is 1.70. The number of imidazole rings is 1. The summed E-state index contributed by atoms with van der Waals surface area (Å²) in [6, 6.07) is 21.4. The van der Waals surface area contributed by atoms with Gasteiger partial charge in [0.05, 0.1) is 11.0 Å². The van der Waals surface area contributed by atoms with Gasteiger partial charge in [0.15, 0.2) is 5.78 Å². The molecule has 0 fully saturated rings. The minimum absolute atomic E-state index is 0.0125. The number of fused-ring (bicyclic) bond motifs is 5. The molecule has 132 valence electrons. The first-order chi connectivity index (χ1) is 13.6. The number of ketones is 1. The zero-order valence-corrected chi connectivity index (χ0v) is 15.1. The summed E-state index contributed by atoms with van der Waals surface area (Å²) in [5.74, 6) is -0.0125. The monoisotopic (exact) mass is 362 g/mol. The fraction of sp³-hybridized carbons (Fsp3) is 0.0417. The average molecular weight is 362 g/mol. The van der Waals surface area contributed by atoms with E-state index < -0.39 is 0 Å². The maximum absolute atomic E-state index is 13.4. The second-order valence-corrected chi connectivity index (χ2v) is 7.21. The van der Waals surface area contributed by atoms with E-state index in [1.807, 2.05) is 54.6 Å². The van der Waals surface area contributed by atoms with E-state index in [-0.39, 0.29) is 11.3 Å². The summed E-state index contributed by atoms with van der Waals surface area (Å²) in [5, 5.41) is 5.27. The SMILES string of the molecule is CC(=O)c1ccc2c(=O)n3c4cc5ccccc5cc4nc3c3cccc1c23. The topological polar surface area (TPSA) is 51.4 Å². The van der Waals surface area contributed by atoms with Crippen molar-refractivity contribution in [1.29, 1.82) is 0 Å². The zero-order chi connectivity index (χ0) is 19.0. The number of Topliss-reactive ketones (excluding diaryl/α,β-unsaturated/α-hetero) is 1. The lowest BCUT2D eigenvalue weighted by atomic mass is 9.96. The van der Waals surface area contributed by atoms with E-state index in [4.69, 9.17) is 4.98 Å². The predicted octanol–water partition coefficient (Wildman–Crippen LogP) is 4.95. The van der Waals surface area contributed by atoms with E-state index in [9.17, 15) is 9.59 Å². The van der Waals surface area contributed by atoms with E-state index in [0.717, 1.165) is 38.0 Å². The van der Waals surface area contributed by atoms with Crippen LogP contribution in [0.1, 0.15) is 17.3 Å². The van der Waals surface area contributed by atoms with Gasteiger partial charge in [-0.05, 0) is 47.3 Å². The Morgan fingerprint density at radius 1 is 0.857 bits per heavy atom. The number of carbonyl (C=O) groups excluding carboxylic acids is 1. The Labute approximate surface area is 159 Å². The van der Waals surface area contributed by atoms with Gasteiger partial charge in [-0.15, -0.1) is 0 Å². The van der Waals surface area contributed by atoms with E-state index in [1.165, 1.54) is 0 Å². The van der Waals surface area contributed by atoms with Gasteiger partial charge >= 0.3 is 0 Å². The molecule has 2 aromatic heterocycles. The molecule has 0 N–H and O–H groups in total. The van der Waals surface area contributed by atoms with E-state index in [1.54, 1.807) is 23.5 Å². The molecule has 0 aliphatic heterocycles. The molecule has 0 unspecified atom stereocenters. The molecule has 0 spiro atoms. The van der Waals surface area contributed by atoms with Gasteiger partial charge in [0.1, 0.15) is 5.65 Å². The minimum Gasteiger partial charge on any atom is -0.294 e. The molecule has 6 aromatic rings. The maximum atomic E-state index is 13.4. The Kier molecular flexibility index (Phi) is 2.80. The lowest BCUT2D eigenvalue weighted by molar-refractivity contribution is 0.101. The second kappa shape index (κ2) is 5.14. The number of rotatable bonds is 1. The molecule has 0 radical (unpaired) electrons. The Morgan fingerprint density at radius 3 is 2.39 bits per heavy atom. The molecule has 4 heteroatoms. The van der Waals surface area contributed by atoms with Gasteiger partial charge in [-0.3, -0.25) is 14.0 Å². The fourth-order valence-electron chi connectivity index (χ4n) is 4.35. The smallest absolute Gasteiger partial charge is 0.264 e. The summed E-state index contributed by atoms with van der Waals surface area (Å²) in [5.41, 5.74) is 2.75. The van der Waals surface area contributed by atoms with Gasteiger partial charge in [0.25, 0.3) is 5.56 Å². The van der Waals surface area contributed by atoms with Crippen molar-refractivity contribution < 1.29 is 4.79 Å². The van der Waals surface area contributed by atoms with Crippen LogP contribution in [-0.2, 0) is 0 Å². The van der Waals surface area contributed by atoms with Gasteiger partial charge in [-0.25, -0.2) is 4.98 Å². The molecule has 0 atom stereocenters. The lowest BCUT2D eigenvalue weighted by Gasteiger charge is -2.09. The molecule has 28 heavy (non-hydrogen) atoms. The Hall–Kier alpha value is -3.79. The minimum atomic E-state index is -0.105. The molecule has 0 amide bonds. The third-order valence-corrected chi connectivity index (χ3v) is 5.62. The Balaban J connectivity index is 1.92. The summed E-state index contributed by atoms with van der Waals surface area (Å²) in [6.07, 6.45) is 0. The van der Waals surface area contributed by atoms with Crippen molar-refractivity contribution in [2.45, 2.75) is 6.92 Å². The average Bonchev–Trinajstić information content (AvgIpc) is 3.08. The Bertz CT molecular complexity index is 1660. The normalized spacial score (nSPS) is 12.0. The summed E-state index contributed by atoms with van der Waals surface area (Å²) >= 11 is 0. The number of carbonyl (C=O) groups is 1. The highest BCUT2D eigenvalue weighted by atomic mass is 16.1. The molecule has 0 saturated carbocycles. The Morgan fingerprint density at radius 2 is 1.61 bits per heavy atom. The molecule has 0 saturated heterocycles. The first-order valence-corrected chi connectivity index (χ1v) is 9.16. The van der Waals surface area contributed by atoms with Crippen molar-refractivity contribution in [3.05, 3.63) is 82.6 Å². The highest BCUT2D eigenvalue weighted by molar-refractivity contribution is 6.21. The molecular formula is C24H14N2O2. The standard InChI is InChI=1S/C24H14N2O2/c1-13(27)16-9-10-19-22-17(16)7-4-8-18(22)23-25-20-11-14-5-2-3-6-15(14)12-21(20)26(23)24(19)28/h2-12H,1H3. The molecule has 4 aromatic carbocycles. The van der Waals surface area contributed by atoms with Gasteiger partial charge in [0.2, 0.25) is 0 Å². The summed E-state index contributed by atoms with van der Waals surface area (Å²) in [7, 11) is 0. The van der Waals surface area contributed by atoms with E-state index in [0.29, 0.717) is 16.6 Å². The van der Waals surface area contributed by atoms with Gasteiger partial charge in [0, 0.05) is 21.7 Å². The quantitative estimate of drug-likeness (QED) is 0.389. The van der Waals surface area contributed by atoms with Crippen molar-refractivity contribution in [2.75, 3.05) is 0 Å². The van der Waals surface area contributed by atoms with Crippen molar-refractivity contribution >= 4 is 54.8 Å². The first-order valence-electron chi connectivity index (χ1n) is 9.16. The van der Waals surface area contributed by atoms with Crippen LogP contribution in [0.25, 0.3) is 49.0 Å². The van der Waals surface area contributed by atoms with Crippen LogP contribution in [0, 0.1) is 0 Å². The van der Waals surface area contributed by atoms with E-state index >= 15 is 0 Å². The zero-order valence-electron chi connectivity index (χ0n) is 15.1. The number of benzene rings is 4. The van der Waals surface area contributed by atoms with Crippen LogP contribution < -0.4 is 5.56 Å². The molecule has 0 bridgehead atoms. The van der Waals surface area contributed by atoms with Crippen molar-refractivity contribution in [3.63, 3.8) is 0 Å². The predicted molar refractivity (Wildman–Crippen MR) is 113 cm³/mol. The van der Waals surface area contributed by atoms with Gasteiger partial charge in [-0.1, -0.05) is 42.5 Å². The number of pyridine rings is 1. The van der Waals surface area contributed by atoms with Crippen molar-refractivity contribution in [1.82, 2.24) is 9.38 Å². The number of hydrogen-bond acceptors (Lipinski definition) is 3. The highest BCUT2D eigenvalue weighted by Crippen LogP contribution is 2.32. The van der Waals surface area contributed by atoms with Crippen LogP contribution in [0.15, 0.2) is 71.5 Å². The van der Waals surface area contributed by atoms with Crippen LogP contribution in [0.5, 0.6) is 0 Å². The van der Waals surface area contributed by atoms with Gasteiger partial charge < -0.3 is 0 Å². The molecule has 0 aliphatic carbocycles. The van der Waals surface area contributed by atoms with E-state index in [2.05, 4.69) is 0 Å². The lowest BCUT2D eigenvalue weighted by Crippen LogP contribution is -2.13. The fourth-order valence-corrected chi connectivity index (χ4v) is 4.35. The number of aromatic nitrogens is 2. The highest BCUT2D eigenvalue weighted by Gasteiger charge is 2.18. The molecular weight excluding hydrogens is 348 g/mol. The third-order valence-electron chi connectivity index (χ3n) is 5.62. The van der Waals surface area contributed by atoms with Crippen LogP contribution >= 0.6 is 0 Å². The largest absolute Gasteiger partial charge is 0.294 e. The first kappa shape index (κ1) is 15.3. The molecule has 0 aliphatic rings. The van der Waals surface area contributed by atoms with Gasteiger partial charge in [-0.2, -0.15) is 0 Å². The summed E-state index contributed by atoms with van der Waals surface area (Å²) in [4.78, 5) is 30.3. The number of nitrogens with zero attached hydrogens (tertiary/aromatic N) is 2. The summed E-state index contributed by atoms with van der Waals surface area (Å²) in [6.45, 7) is 1.55. The maximum Gasteiger partial charge on any atom is 0.264 e. The molecule has 4 nitrogen and oxygen atoms in total. The molecule has 6 rings (SSSR count). The molecule has 2 heterocycles. The number of hydrogen-bond donors (Lipinski definition) is 0. The van der Waals surface area contributed by atoms with Crippen LogP contribution in [0.3, 0.4) is 0 Å². The van der Waals surface area contributed by atoms with Crippen LogP contribution in [-0.4, -0.2) is 15.2 Å². The van der Waals surface area contributed by atoms with Crippen molar-refractivity contribution in [2.24, 2.45) is 0 Å². The van der Waals surface area contributed by atoms with Crippen LogP contribution in [0.4, 0.5) is 0 Å². The third kappa shape index (κ3) is 1.81. The van der Waals surface area contributed by atoms with Crippen LogP contribution in [0.2, 0.25) is 0 Å².